The van der Waals surface area contributed by atoms with Crippen molar-refractivity contribution in [1.29, 1.82) is 0 Å². The number of benzene rings is 1. The van der Waals surface area contributed by atoms with Crippen molar-refractivity contribution >= 4 is 11.5 Å². The molecular formula is C14H16N4O. The van der Waals surface area contributed by atoms with E-state index in [0.717, 1.165) is 24.9 Å². The van der Waals surface area contributed by atoms with E-state index in [1.54, 1.807) is 6.20 Å². The lowest BCUT2D eigenvalue weighted by Crippen LogP contribution is -2.22. The van der Waals surface area contributed by atoms with Crippen molar-refractivity contribution in [3.05, 3.63) is 52.1 Å². The highest BCUT2D eigenvalue weighted by Crippen LogP contribution is 2.32. The topological polar surface area (TPSA) is 83.8 Å². The minimum Gasteiger partial charge on any atom is -0.399 e. The van der Waals surface area contributed by atoms with Gasteiger partial charge in [0.15, 0.2) is 5.82 Å². The molecule has 1 aliphatic rings. The standard InChI is InChI=1S/C14H16N4O/c15-10-4-5-11-9(8-10)2-1-3-12(11)18-13-14(19)17-7-6-16-13/h4-8,12H,1-3,15H2,(H,16,18)(H,17,19). The second kappa shape index (κ2) is 4.76. The zero-order valence-electron chi connectivity index (χ0n) is 10.5. The van der Waals surface area contributed by atoms with Crippen molar-refractivity contribution in [3.8, 4) is 0 Å². The van der Waals surface area contributed by atoms with E-state index < -0.39 is 0 Å². The fourth-order valence-electron chi connectivity index (χ4n) is 2.60. The van der Waals surface area contributed by atoms with Crippen molar-refractivity contribution in [2.24, 2.45) is 0 Å². The molecule has 3 rings (SSSR count). The smallest absolute Gasteiger partial charge is 0.290 e. The molecule has 1 aromatic heterocycles. The Labute approximate surface area is 110 Å². The number of aromatic nitrogens is 2. The van der Waals surface area contributed by atoms with Crippen molar-refractivity contribution < 1.29 is 0 Å². The van der Waals surface area contributed by atoms with Crippen LogP contribution in [-0.4, -0.2) is 9.97 Å². The first-order chi connectivity index (χ1) is 9.24. The molecule has 0 saturated carbocycles. The molecule has 4 N–H and O–H groups in total. The van der Waals surface area contributed by atoms with Gasteiger partial charge in [-0.05, 0) is 42.5 Å². The van der Waals surface area contributed by atoms with Gasteiger partial charge in [0.25, 0.3) is 5.56 Å². The lowest BCUT2D eigenvalue weighted by molar-refractivity contribution is 0.598. The molecule has 5 heteroatoms. The summed E-state index contributed by atoms with van der Waals surface area (Å²) >= 11 is 0. The van der Waals surface area contributed by atoms with E-state index in [1.807, 2.05) is 18.2 Å². The van der Waals surface area contributed by atoms with Gasteiger partial charge in [-0.15, -0.1) is 0 Å². The number of rotatable bonds is 2. The molecule has 0 spiro atoms. The quantitative estimate of drug-likeness (QED) is 0.716. The van der Waals surface area contributed by atoms with E-state index in [4.69, 9.17) is 5.73 Å². The second-order valence-electron chi connectivity index (χ2n) is 4.81. The van der Waals surface area contributed by atoms with Crippen LogP contribution in [0.25, 0.3) is 0 Å². The highest BCUT2D eigenvalue weighted by atomic mass is 16.1. The third-order valence-electron chi connectivity index (χ3n) is 3.50. The van der Waals surface area contributed by atoms with Gasteiger partial charge < -0.3 is 16.0 Å². The zero-order chi connectivity index (χ0) is 13.2. The summed E-state index contributed by atoms with van der Waals surface area (Å²) in [5, 5.41) is 3.23. The second-order valence-corrected chi connectivity index (χ2v) is 4.81. The number of aryl methyl sites for hydroxylation is 1. The Morgan fingerprint density at radius 3 is 3.16 bits per heavy atom. The van der Waals surface area contributed by atoms with Gasteiger partial charge in [-0.25, -0.2) is 4.98 Å². The van der Waals surface area contributed by atoms with Crippen molar-refractivity contribution in [2.75, 3.05) is 11.1 Å². The number of nitrogens with one attached hydrogen (secondary N) is 2. The van der Waals surface area contributed by atoms with Gasteiger partial charge in [-0.1, -0.05) is 6.07 Å². The van der Waals surface area contributed by atoms with Crippen LogP contribution >= 0.6 is 0 Å². The number of H-pyrrole nitrogens is 1. The van der Waals surface area contributed by atoms with E-state index in [9.17, 15) is 4.79 Å². The highest BCUT2D eigenvalue weighted by Gasteiger charge is 2.21. The fraction of sp³-hybridized carbons (Fsp3) is 0.286. The zero-order valence-corrected chi connectivity index (χ0v) is 10.5. The Morgan fingerprint density at radius 1 is 1.42 bits per heavy atom. The number of nitrogens with zero attached hydrogens (tertiary/aromatic N) is 1. The lowest BCUT2D eigenvalue weighted by Gasteiger charge is -2.26. The van der Waals surface area contributed by atoms with Crippen LogP contribution in [0.15, 0.2) is 35.4 Å². The lowest BCUT2D eigenvalue weighted by atomic mass is 9.87. The SMILES string of the molecule is Nc1ccc2c(c1)CCCC2Nc1ncc[nH]c1=O. The van der Waals surface area contributed by atoms with Crippen LogP contribution in [0.1, 0.15) is 30.0 Å². The summed E-state index contributed by atoms with van der Waals surface area (Å²) in [5.74, 6) is 0.372. The summed E-state index contributed by atoms with van der Waals surface area (Å²) in [6.45, 7) is 0. The monoisotopic (exact) mass is 256 g/mol. The number of hydrogen-bond donors (Lipinski definition) is 3. The van der Waals surface area contributed by atoms with Gasteiger partial charge in [-0.3, -0.25) is 4.79 Å². The van der Waals surface area contributed by atoms with E-state index in [0.29, 0.717) is 5.82 Å². The van der Waals surface area contributed by atoms with E-state index in [2.05, 4.69) is 15.3 Å². The van der Waals surface area contributed by atoms with Crippen LogP contribution in [0.5, 0.6) is 0 Å². The maximum absolute atomic E-state index is 11.7. The summed E-state index contributed by atoms with van der Waals surface area (Å²) in [6.07, 6.45) is 6.22. The average molecular weight is 256 g/mol. The minimum atomic E-state index is -0.190. The predicted octanol–water partition coefficient (Wildman–Crippen LogP) is 1.84. The Bertz CT molecular complexity index is 650. The molecule has 1 aliphatic carbocycles. The first kappa shape index (κ1) is 11.8. The molecule has 0 aliphatic heterocycles. The highest BCUT2D eigenvalue weighted by molar-refractivity contribution is 5.49. The van der Waals surface area contributed by atoms with Gasteiger partial charge >= 0.3 is 0 Å². The summed E-state index contributed by atoms with van der Waals surface area (Å²) in [7, 11) is 0. The van der Waals surface area contributed by atoms with Gasteiger partial charge in [0, 0.05) is 18.1 Å². The number of aromatic amines is 1. The molecule has 0 bridgehead atoms. The van der Waals surface area contributed by atoms with Gasteiger partial charge in [0.2, 0.25) is 0 Å². The molecule has 0 radical (unpaired) electrons. The molecule has 5 nitrogen and oxygen atoms in total. The van der Waals surface area contributed by atoms with Crippen molar-refractivity contribution in [1.82, 2.24) is 9.97 Å². The Kier molecular flexibility index (Phi) is 2.95. The van der Waals surface area contributed by atoms with Crippen LogP contribution < -0.4 is 16.6 Å². The largest absolute Gasteiger partial charge is 0.399 e. The minimum absolute atomic E-state index is 0.125. The summed E-state index contributed by atoms with van der Waals surface area (Å²) in [6, 6.07) is 6.09. The van der Waals surface area contributed by atoms with Gasteiger partial charge in [0.05, 0.1) is 6.04 Å². The molecule has 1 heterocycles. The number of anilines is 2. The van der Waals surface area contributed by atoms with E-state index in [-0.39, 0.29) is 11.6 Å². The molecule has 1 atom stereocenters. The molecule has 98 valence electrons. The van der Waals surface area contributed by atoms with Crippen LogP contribution in [0.3, 0.4) is 0 Å². The summed E-state index contributed by atoms with van der Waals surface area (Å²) in [5.41, 5.74) is 8.89. The molecule has 0 fully saturated rings. The third-order valence-corrected chi connectivity index (χ3v) is 3.50. The normalized spacial score (nSPS) is 17.8. The van der Waals surface area contributed by atoms with Crippen LogP contribution in [-0.2, 0) is 6.42 Å². The molecule has 2 aromatic rings. The number of nitrogens with two attached hydrogens (primary N) is 1. The number of fused-ring (bicyclic) bond motifs is 1. The molecule has 1 aromatic carbocycles. The number of hydrogen-bond acceptors (Lipinski definition) is 4. The van der Waals surface area contributed by atoms with E-state index in [1.165, 1.54) is 17.3 Å². The number of nitrogen functional groups attached to an aromatic ring is 1. The Balaban J connectivity index is 1.92. The first-order valence-corrected chi connectivity index (χ1v) is 6.42. The Morgan fingerprint density at radius 2 is 2.32 bits per heavy atom. The van der Waals surface area contributed by atoms with Crippen LogP contribution in [0.4, 0.5) is 11.5 Å². The Hall–Kier alpha value is -2.30. The van der Waals surface area contributed by atoms with Crippen molar-refractivity contribution in [3.63, 3.8) is 0 Å². The van der Waals surface area contributed by atoms with Gasteiger partial charge in [-0.2, -0.15) is 0 Å². The molecule has 19 heavy (non-hydrogen) atoms. The average Bonchev–Trinajstić information content (AvgIpc) is 2.41. The summed E-state index contributed by atoms with van der Waals surface area (Å²) < 4.78 is 0. The van der Waals surface area contributed by atoms with Crippen molar-refractivity contribution in [2.45, 2.75) is 25.3 Å². The first-order valence-electron chi connectivity index (χ1n) is 6.42. The predicted molar refractivity (Wildman–Crippen MR) is 75.0 cm³/mol. The summed E-state index contributed by atoms with van der Waals surface area (Å²) in [4.78, 5) is 18.4. The van der Waals surface area contributed by atoms with Gasteiger partial charge in [0.1, 0.15) is 0 Å². The van der Waals surface area contributed by atoms with E-state index >= 15 is 0 Å². The molecule has 1 unspecified atom stereocenters. The van der Waals surface area contributed by atoms with Crippen LogP contribution in [0, 0.1) is 0 Å². The fourth-order valence-corrected chi connectivity index (χ4v) is 2.60. The molecule has 0 saturated heterocycles. The third kappa shape index (κ3) is 2.31. The maximum atomic E-state index is 11.7. The molecule has 0 amide bonds. The van der Waals surface area contributed by atoms with Crippen LogP contribution in [0.2, 0.25) is 0 Å². The molecular weight excluding hydrogens is 240 g/mol. The maximum Gasteiger partial charge on any atom is 0.290 e.